The summed E-state index contributed by atoms with van der Waals surface area (Å²) < 4.78 is 0. The monoisotopic (exact) mass is 383 g/mol. The molecule has 1 aromatic heterocycles. The van der Waals surface area contributed by atoms with Gasteiger partial charge in [-0.2, -0.15) is 0 Å². The van der Waals surface area contributed by atoms with Gasteiger partial charge in [0.05, 0.1) is 11.0 Å². The number of aromatic nitrogens is 2. The highest BCUT2D eigenvalue weighted by molar-refractivity contribution is 6.10. The lowest BCUT2D eigenvalue weighted by molar-refractivity contribution is -0.136. The molecule has 2 heterocycles. The molecule has 0 bridgehead atoms. The van der Waals surface area contributed by atoms with Crippen molar-refractivity contribution < 1.29 is 14.4 Å². The number of rotatable bonds is 3. The molecule has 1 saturated carbocycles. The summed E-state index contributed by atoms with van der Waals surface area (Å²) in [5.41, 5.74) is 0.570. The molecule has 4 rings (SSSR count). The number of H-pyrrole nitrogens is 1. The zero-order valence-corrected chi connectivity index (χ0v) is 16.3. The van der Waals surface area contributed by atoms with E-state index in [1.54, 1.807) is 0 Å². The zero-order valence-electron chi connectivity index (χ0n) is 16.3. The average molecular weight is 383 g/mol. The lowest BCUT2D eigenvalue weighted by Crippen LogP contribution is -2.54. The van der Waals surface area contributed by atoms with Crippen LogP contribution in [0.4, 0.5) is 10.7 Å². The summed E-state index contributed by atoms with van der Waals surface area (Å²) in [6.45, 7) is 5.99. The number of nitrogens with zero attached hydrogens (tertiary/aromatic N) is 2. The number of hydrogen-bond donors (Lipinski definition) is 3. The summed E-state index contributed by atoms with van der Waals surface area (Å²) in [5.74, 6) is -0.169. The fourth-order valence-electron chi connectivity index (χ4n) is 4.98. The first kappa shape index (κ1) is 18.5. The maximum Gasteiger partial charge on any atom is 0.325 e. The molecule has 8 nitrogen and oxygen atoms in total. The van der Waals surface area contributed by atoms with E-state index in [2.05, 4.69) is 41.4 Å². The highest BCUT2D eigenvalue weighted by atomic mass is 16.2. The summed E-state index contributed by atoms with van der Waals surface area (Å²) in [7, 11) is 0. The van der Waals surface area contributed by atoms with Crippen molar-refractivity contribution >= 4 is 34.8 Å². The van der Waals surface area contributed by atoms with Crippen LogP contribution in [0.2, 0.25) is 0 Å². The molecule has 0 radical (unpaired) electrons. The van der Waals surface area contributed by atoms with Crippen LogP contribution in [-0.4, -0.2) is 44.8 Å². The van der Waals surface area contributed by atoms with Gasteiger partial charge in [-0.25, -0.2) is 9.78 Å². The second-order valence-electron chi connectivity index (χ2n) is 8.91. The van der Waals surface area contributed by atoms with Gasteiger partial charge in [-0.15, -0.1) is 0 Å². The van der Waals surface area contributed by atoms with E-state index in [0.717, 1.165) is 22.4 Å². The molecule has 3 N–H and O–H groups in total. The Morgan fingerprint density at radius 2 is 2.04 bits per heavy atom. The van der Waals surface area contributed by atoms with Crippen molar-refractivity contribution in [3.8, 4) is 0 Å². The number of imide groups is 1. The van der Waals surface area contributed by atoms with E-state index < -0.39 is 17.5 Å². The SMILES string of the molecule is C[C@@H]1CC(C)(C)C[C@]2(C1)NC(=O)N(CC(=O)Nc1nc3ccccc3[nH]1)C2=O. The number of fused-ring (bicyclic) bond motifs is 1. The number of carbonyl (C=O) groups excluding carboxylic acids is 3. The quantitative estimate of drug-likeness (QED) is 0.708. The second kappa shape index (κ2) is 6.32. The van der Waals surface area contributed by atoms with Crippen LogP contribution in [0.15, 0.2) is 24.3 Å². The van der Waals surface area contributed by atoms with Crippen LogP contribution in [0.25, 0.3) is 11.0 Å². The minimum Gasteiger partial charge on any atom is -0.324 e. The molecule has 1 spiro atoms. The second-order valence-corrected chi connectivity index (χ2v) is 8.91. The fraction of sp³-hybridized carbons (Fsp3) is 0.500. The van der Waals surface area contributed by atoms with Crippen molar-refractivity contribution in [1.82, 2.24) is 20.2 Å². The summed E-state index contributed by atoms with van der Waals surface area (Å²) >= 11 is 0. The van der Waals surface area contributed by atoms with E-state index in [1.165, 1.54) is 0 Å². The number of nitrogens with one attached hydrogen (secondary N) is 3. The van der Waals surface area contributed by atoms with Crippen LogP contribution in [0.3, 0.4) is 0 Å². The van der Waals surface area contributed by atoms with Gasteiger partial charge in [0.1, 0.15) is 12.1 Å². The molecular weight excluding hydrogens is 358 g/mol. The van der Waals surface area contributed by atoms with Crippen LogP contribution in [-0.2, 0) is 9.59 Å². The molecule has 1 aromatic carbocycles. The molecule has 1 aliphatic heterocycles. The normalized spacial score (nSPS) is 26.7. The van der Waals surface area contributed by atoms with E-state index in [0.29, 0.717) is 24.7 Å². The Morgan fingerprint density at radius 1 is 1.29 bits per heavy atom. The maximum atomic E-state index is 13.1. The number of carbonyl (C=O) groups is 3. The van der Waals surface area contributed by atoms with E-state index >= 15 is 0 Å². The van der Waals surface area contributed by atoms with E-state index in [4.69, 9.17) is 0 Å². The van der Waals surface area contributed by atoms with E-state index in [-0.39, 0.29) is 17.9 Å². The van der Waals surface area contributed by atoms with Gasteiger partial charge in [-0.1, -0.05) is 32.9 Å². The van der Waals surface area contributed by atoms with Crippen molar-refractivity contribution in [1.29, 1.82) is 0 Å². The number of hydrogen-bond acceptors (Lipinski definition) is 4. The first-order chi connectivity index (χ1) is 13.2. The minimum atomic E-state index is -0.905. The number of imidazole rings is 1. The van der Waals surface area contributed by atoms with Crippen LogP contribution < -0.4 is 10.6 Å². The Balaban J connectivity index is 1.47. The molecule has 4 amide bonds. The van der Waals surface area contributed by atoms with Gasteiger partial charge in [-0.3, -0.25) is 19.8 Å². The topological polar surface area (TPSA) is 107 Å². The molecule has 28 heavy (non-hydrogen) atoms. The third-order valence-electron chi connectivity index (χ3n) is 5.57. The molecule has 2 atom stereocenters. The van der Waals surface area contributed by atoms with Crippen LogP contribution in [0.1, 0.15) is 40.0 Å². The Labute approximate surface area is 163 Å². The summed E-state index contributed by atoms with van der Waals surface area (Å²) in [6, 6.07) is 6.90. The molecule has 8 heteroatoms. The lowest BCUT2D eigenvalue weighted by Gasteiger charge is -2.43. The predicted molar refractivity (Wildman–Crippen MR) is 104 cm³/mol. The van der Waals surface area contributed by atoms with Gasteiger partial charge in [0, 0.05) is 0 Å². The molecular formula is C20H25N5O3. The molecule has 2 fully saturated rings. The summed E-state index contributed by atoms with van der Waals surface area (Å²) in [5, 5.41) is 5.52. The maximum absolute atomic E-state index is 13.1. The van der Waals surface area contributed by atoms with E-state index in [1.807, 2.05) is 24.3 Å². The van der Waals surface area contributed by atoms with Crippen molar-refractivity contribution in [2.24, 2.45) is 11.3 Å². The molecule has 1 saturated heterocycles. The van der Waals surface area contributed by atoms with Crippen molar-refractivity contribution in [2.45, 2.75) is 45.6 Å². The fourth-order valence-corrected chi connectivity index (χ4v) is 4.98. The number of para-hydroxylation sites is 2. The molecule has 2 aliphatic rings. The number of urea groups is 1. The average Bonchev–Trinajstić information content (AvgIpc) is 3.07. The Hall–Kier alpha value is -2.90. The number of benzene rings is 1. The standard InChI is InChI=1S/C20H25N5O3/c1-12-8-19(2,3)11-20(9-12)16(27)25(18(28)24-20)10-15(26)23-17-21-13-6-4-5-7-14(13)22-17/h4-7,12H,8-11H2,1-3H3,(H,24,28)(H2,21,22,23,26)/t12-,20+/m1/s1. The predicted octanol–water partition coefficient (Wildman–Crippen LogP) is 2.64. The van der Waals surface area contributed by atoms with Crippen molar-refractivity contribution in [3.05, 3.63) is 24.3 Å². The van der Waals surface area contributed by atoms with E-state index in [9.17, 15) is 14.4 Å². The third-order valence-corrected chi connectivity index (χ3v) is 5.57. The van der Waals surface area contributed by atoms with Gasteiger partial charge < -0.3 is 10.3 Å². The molecule has 1 aliphatic carbocycles. The molecule has 0 unspecified atom stereocenters. The number of aromatic amines is 1. The van der Waals surface area contributed by atoms with Crippen LogP contribution in [0.5, 0.6) is 0 Å². The molecule has 148 valence electrons. The van der Waals surface area contributed by atoms with Gasteiger partial charge in [0.2, 0.25) is 11.9 Å². The van der Waals surface area contributed by atoms with Gasteiger partial charge >= 0.3 is 6.03 Å². The third kappa shape index (κ3) is 3.23. The number of amides is 4. The zero-order chi connectivity index (χ0) is 20.1. The molecule has 2 aromatic rings. The van der Waals surface area contributed by atoms with Crippen molar-refractivity contribution in [3.63, 3.8) is 0 Å². The van der Waals surface area contributed by atoms with Gasteiger partial charge in [0.25, 0.3) is 5.91 Å². The largest absolute Gasteiger partial charge is 0.325 e. The van der Waals surface area contributed by atoms with Gasteiger partial charge in [-0.05, 0) is 42.7 Å². The Morgan fingerprint density at radius 3 is 2.75 bits per heavy atom. The van der Waals surface area contributed by atoms with Crippen LogP contribution >= 0.6 is 0 Å². The lowest BCUT2D eigenvalue weighted by atomic mass is 9.64. The minimum absolute atomic E-state index is 0.0485. The first-order valence-corrected chi connectivity index (χ1v) is 9.56. The van der Waals surface area contributed by atoms with Crippen molar-refractivity contribution in [2.75, 3.05) is 11.9 Å². The highest BCUT2D eigenvalue weighted by Crippen LogP contribution is 2.46. The highest BCUT2D eigenvalue weighted by Gasteiger charge is 2.56. The van der Waals surface area contributed by atoms with Gasteiger partial charge in [0.15, 0.2) is 0 Å². The van der Waals surface area contributed by atoms with Crippen LogP contribution in [0, 0.1) is 11.3 Å². The first-order valence-electron chi connectivity index (χ1n) is 9.56. The Kier molecular flexibility index (Phi) is 4.17. The number of anilines is 1. The smallest absolute Gasteiger partial charge is 0.324 e. The Bertz CT molecular complexity index is 933. The summed E-state index contributed by atoms with van der Waals surface area (Å²) in [4.78, 5) is 46.3. The summed E-state index contributed by atoms with van der Waals surface area (Å²) in [6.07, 6.45) is 2.18.